The van der Waals surface area contributed by atoms with Crippen molar-refractivity contribution >= 4 is 11.8 Å². The molecule has 5 heteroatoms. The maximum Gasteiger partial charge on any atom is 0.221 e. The largest absolute Gasteiger partial charge is 0.396 e. The number of rotatable bonds is 6. The monoisotopic (exact) mass is 216 g/mol. The number of amides is 2. The number of aliphatic hydroxyl groups excluding tert-OH is 1. The molecule has 0 bridgehead atoms. The van der Waals surface area contributed by atoms with Crippen LogP contribution in [0.2, 0.25) is 0 Å². The van der Waals surface area contributed by atoms with Crippen LogP contribution in [0.5, 0.6) is 0 Å². The first kappa shape index (κ1) is 13.9. The number of carbonyl (C=O) groups is 2. The summed E-state index contributed by atoms with van der Waals surface area (Å²) in [6, 6.07) is -0.0557. The maximum atomic E-state index is 11.3. The minimum atomic E-state index is -0.139. The van der Waals surface area contributed by atoms with Crippen LogP contribution in [0.1, 0.15) is 27.2 Å². The van der Waals surface area contributed by atoms with Gasteiger partial charge in [0.25, 0.3) is 0 Å². The van der Waals surface area contributed by atoms with Crippen LogP contribution in [-0.4, -0.2) is 36.1 Å². The lowest BCUT2D eigenvalue weighted by Crippen LogP contribution is -2.39. The molecule has 0 aliphatic heterocycles. The van der Waals surface area contributed by atoms with Gasteiger partial charge in [-0.15, -0.1) is 0 Å². The van der Waals surface area contributed by atoms with Crippen molar-refractivity contribution in [1.29, 1.82) is 0 Å². The quantitative estimate of drug-likeness (QED) is 0.567. The molecule has 0 fully saturated rings. The summed E-state index contributed by atoms with van der Waals surface area (Å²) in [6.07, 6.45) is 0.266. The Hall–Kier alpha value is -1.10. The Morgan fingerprint density at radius 3 is 2.40 bits per heavy atom. The molecule has 88 valence electrons. The Kier molecular flexibility index (Phi) is 6.70. The topological polar surface area (TPSA) is 78.4 Å². The summed E-state index contributed by atoms with van der Waals surface area (Å²) in [5.74, 6) is -0.217. The zero-order valence-electron chi connectivity index (χ0n) is 9.54. The lowest BCUT2D eigenvalue weighted by molar-refractivity contribution is -0.122. The van der Waals surface area contributed by atoms with Gasteiger partial charge >= 0.3 is 0 Å². The van der Waals surface area contributed by atoms with Crippen molar-refractivity contribution in [3.8, 4) is 0 Å². The fourth-order valence-electron chi connectivity index (χ4n) is 0.979. The fraction of sp³-hybridized carbons (Fsp3) is 0.800. The Balaban J connectivity index is 3.69. The van der Waals surface area contributed by atoms with Crippen molar-refractivity contribution < 1.29 is 14.7 Å². The highest BCUT2D eigenvalue weighted by molar-refractivity contribution is 5.78. The Labute approximate surface area is 90.2 Å². The first-order valence-electron chi connectivity index (χ1n) is 5.12. The second kappa shape index (κ2) is 7.23. The normalized spacial score (nSPS) is 14.1. The smallest absolute Gasteiger partial charge is 0.221 e. The fourth-order valence-corrected chi connectivity index (χ4v) is 0.979. The van der Waals surface area contributed by atoms with Crippen LogP contribution in [0, 0.1) is 5.92 Å². The molecule has 0 aliphatic carbocycles. The Bertz CT molecular complexity index is 219. The van der Waals surface area contributed by atoms with Gasteiger partial charge in [-0.3, -0.25) is 9.59 Å². The van der Waals surface area contributed by atoms with Crippen LogP contribution in [0.4, 0.5) is 0 Å². The summed E-state index contributed by atoms with van der Waals surface area (Å²) < 4.78 is 0. The molecule has 0 aromatic carbocycles. The predicted octanol–water partition coefficient (Wildman–Crippen LogP) is -0.354. The summed E-state index contributed by atoms with van der Waals surface area (Å²) in [5.41, 5.74) is 0. The van der Waals surface area contributed by atoms with Gasteiger partial charge in [0.15, 0.2) is 0 Å². The van der Waals surface area contributed by atoms with Gasteiger partial charge in [-0.2, -0.15) is 0 Å². The minimum absolute atomic E-state index is 0.0368. The van der Waals surface area contributed by atoms with Crippen LogP contribution in [0.15, 0.2) is 0 Å². The molecule has 0 spiro atoms. The molecular formula is C10H20N2O3. The van der Waals surface area contributed by atoms with Gasteiger partial charge in [-0.25, -0.2) is 0 Å². The summed E-state index contributed by atoms with van der Waals surface area (Å²) in [6.45, 7) is 5.51. The second-order valence-corrected chi connectivity index (χ2v) is 3.75. The minimum Gasteiger partial charge on any atom is -0.396 e. The Morgan fingerprint density at radius 1 is 1.33 bits per heavy atom. The molecule has 3 N–H and O–H groups in total. The van der Waals surface area contributed by atoms with Crippen LogP contribution in [-0.2, 0) is 9.59 Å². The third-order valence-corrected chi connectivity index (χ3v) is 2.26. The third kappa shape index (κ3) is 6.90. The molecule has 0 aliphatic rings. The number of aliphatic hydroxyl groups is 1. The van der Waals surface area contributed by atoms with Crippen molar-refractivity contribution in [1.82, 2.24) is 10.6 Å². The number of hydrogen-bond acceptors (Lipinski definition) is 3. The van der Waals surface area contributed by atoms with E-state index in [4.69, 9.17) is 5.11 Å². The van der Waals surface area contributed by atoms with Gasteiger partial charge in [0.2, 0.25) is 11.8 Å². The lowest BCUT2D eigenvalue weighted by Gasteiger charge is -2.19. The molecule has 2 atom stereocenters. The number of hydrogen-bond donors (Lipinski definition) is 3. The zero-order chi connectivity index (χ0) is 11.8. The molecular weight excluding hydrogens is 196 g/mol. The van der Waals surface area contributed by atoms with E-state index in [1.165, 1.54) is 6.92 Å². The molecule has 0 saturated heterocycles. The van der Waals surface area contributed by atoms with Gasteiger partial charge < -0.3 is 15.7 Å². The zero-order valence-corrected chi connectivity index (χ0v) is 9.54. The van der Waals surface area contributed by atoms with E-state index < -0.39 is 0 Å². The molecule has 2 amide bonds. The maximum absolute atomic E-state index is 11.3. The highest BCUT2D eigenvalue weighted by atomic mass is 16.3. The van der Waals surface area contributed by atoms with Gasteiger partial charge in [-0.1, -0.05) is 6.92 Å². The van der Waals surface area contributed by atoms with E-state index in [0.29, 0.717) is 6.54 Å². The van der Waals surface area contributed by atoms with Gasteiger partial charge in [0.1, 0.15) is 0 Å². The van der Waals surface area contributed by atoms with E-state index >= 15 is 0 Å². The molecule has 0 aromatic heterocycles. The van der Waals surface area contributed by atoms with E-state index in [9.17, 15) is 9.59 Å². The van der Waals surface area contributed by atoms with Gasteiger partial charge in [0, 0.05) is 32.5 Å². The summed E-state index contributed by atoms with van der Waals surface area (Å²) >= 11 is 0. The number of carbonyl (C=O) groups excluding carboxylic acids is 2. The van der Waals surface area contributed by atoms with Crippen molar-refractivity contribution in [2.24, 2.45) is 5.92 Å². The highest BCUT2D eigenvalue weighted by Crippen LogP contribution is 2.00. The van der Waals surface area contributed by atoms with Crippen LogP contribution >= 0.6 is 0 Å². The third-order valence-electron chi connectivity index (χ3n) is 2.26. The Morgan fingerprint density at radius 2 is 1.93 bits per heavy atom. The van der Waals surface area contributed by atoms with Crippen molar-refractivity contribution in [3.05, 3.63) is 0 Å². The van der Waals surface area contributed by atoms with E-state index in [0.717, 1.165) is 0 Å². The highest BCUT2D eigenvalue weighted by Gasteiger charge is 2.13. The van der Waals surface area contributed by atoms with Crippen LogP contribution in [0.3, 0.4) is 0 Å². The van der Waals surface area contributed by atoms with Crippen molar-refractivity contribution in [2.45, 2.75) is 33.2 Å². The molecule has 0 aromatic rings. The van der Waals surface area contributed by atoms with Crippen LogP contribution < -0.4 is 10.6 Å². The second-order valence-electron chi connectivity index (χ2n) is 3.75. The van der Waals surface area contributed by atoms with Crippen LogP contribution in [0.25, 0.3) is 0 Å². The average molecular weight is 216 g/mol. The van der Waals surface area contributed by atoms with E-state index in [-0.39, 0.29) is 36.8 Å². The van der Waals surface area contributed by atoms with E-state index in [1.54, 1.807) is 0 Å². The molecule has 0 radical (unpaired) electrons. The van der Waals surface area contributed by atoms with E-state index in [2.05, 4.69) is 10.6 Å². The average Bonchev–Trinajstić information content (AvgIpc) is 2.15. The number of nitrogens with one attached hydrogen (secondary N) is 2. The first-order chi connectivity index (χ1) is 6.97. The molecule has 0 saturated carbocycles. The predicted molar refractivity (Wildman–Crippen MR) is 57.2 cm³/mol. The standard InChI is InChI=1S/C10H20N2O3/c1-7(6-13)8(2)12-10(15)4-5-11-9(3)14/h7-8,13H,4-6H2,1-3H3,(H,11,14)(H,12,15). The summed E-state index contributed by atoms with van der Waals surface area (Å²) in [4.78, 5) is 21.8. The summed E-state index contributed by atoms with van der Waals surface area (Å²) in [7, 11) is 0. The van der Waals surface area contributed by atoms with Gasteiger partial charge in [0.05, 0.1) is 0 Å². The SMILES string of the molecule is CC(=O)NCCC(=O)NC(C)C(C)CO. The lowest BCUT2D eigenvalue weighted by atomic mass is 10.1. The molecule has 2 unspecified atom stereocenters. The molecule has 5 nitrogen and oxygen atoms in total. The van der Waals surface area contributed by atoms with Gasteiger partial charge in [-0.05, 0) is 12.8 Å². The summed E-state index contributed by atoms with van der Waals surface area (Å²) in [5, 5.41) is 14.2. The van der Waals surface area contributed by atoms with Crippen molar-refractivity contribution in [2.75, 3.05) is 13.2 Å². The first-order valence-corrected chi connectivity index (χ1v) is 5.12. The molecule has 15 heavy (non-hydrogen) atoms. The molecule has 0 heterocycles. The molecule has 0 rings (SSSR count). The van der Waals surface area contributed by atoms with Crippen molar-refractivity contribution in [3.63, 3.8) is 0 Å². The van der Waals surface area contributed by atoms with E-state index in [1.807, 2.05) is 13.8 Å².